The summed E-state index contributed by atoms with van der Waals surface area (Å²) in [6.07, 6.45) is 0. The average molecular weight is 191 g/mol. The second-order valence-corrected chi connectivity index (χ2v) is 4.02. The van der Waals surface area contributed by atoms with Gasteiger partial charge in [0.1, 0.15) is 0 Å². The molecule has 0 aromatic rings. The molecule has 0 bridgehead atoms. The zero-order valence-corrected chi connectivity index (χ0v) is 9.32. The minimum Gasteiger partial charge on any atom is -0.383 e. The summed E-state index contributed by atoms with van der Waals surface area (Å²) in [6, 6.07) is 0. The van der Waals surface area contributed by atoms with Crippen LogP contribution in [0.15, 0.2) is 0 Å². The highest BCUT2D eigenvalue weighted by atomic mass is 32.2. The second kappa shape index (κ2) is 9.36. The number of thioether (sulfide) groups is 1. The number of rotatable bonds is 8. The Hall–Kier alpha value is 0.270. The molecule has 0 saturated heterocycles. The number of hydrogen-bond donors (Lipinski definition) is 0. The van der Waals surface area contributed by atoms with Gasteiger partial charge in [-0.2, -0.15) is 11.8 Å². The van der Waals surface area contributed by atoms with Gasteiger partial charge in [0.25, 0.3) is 0 Å². The van der Waals surface area contributed by atoms with Crippen LogP contribution in [0.4, 0.5) is 0 Å². The van der Waals surface area contributed by atoms with E-state index in [0.29, 0.717) is 0 Å². The number of likely N-dealkylation sites (N-methyl/N-ethyl adjacent to an activating group) is 1. The molecule has 74 valence electrons. The molecule has 0 radical (unpaired) electrons. The zero-order chi connectivity index (χ0) is 9.23. The molecular weight excluding hydrogens is 170 g/mol. The molecule has 0 amide bonds. The second-order valence-electron chi connectivity index (χ2n) is 2.62. The molecule has 0 fully saturated rings. The van der Waals surface area contributed by atoms with Crippen molar-refractivity contribution >= 4 is 11.8 Å². The van der Waals surface area contributed by atoms with Crippen molar-refractivity contribution in [3.63, 3.8) is 0 Å². The first-order chi connectivity index (χ1) is 5.85. The summed E-state index contributed by atoms with van der Waals surface area (Å²) in [4.78, 5) is 2.42. The van der Waals surface area contributed by atoms with Crippen molar-refractivity contribution in [1.82, 2.24) is 4.90 Å². The Kier molecular flexibility index (Phi) is 9.57. The first kappa shape index (κ1) is 12.3. The Morgan fingerprint density at radius 1 is 1.25 bits per heavy atom. The van der Waals surface area contributed by atoms with Gasteiger partial charge >= 0.3 is 0 Å². The van der Waals surface area contributed by atoms with Gasteiger partial charge in [-0.25, -0.2) is 0 Å². The van der Waals surface area contributed by atoms with Gasteiger partial charge in [0.05, 0.1) is 6.61 Å². The van der Waals surface area contributed by atoms with E-state index in [1.807, 2.05) is 11.8 Å². The Morgan fingerprint density at radius 2 is 2.00 bits per heavy atom. The molecule has 0 rings (SSSR count). The predicted molar refractivity (Wildman–Crippen MR) is 57.0 cm³/mol. The first-order valence-electron chi connectivity index (χ1n) is 4.64. The fourth-order valence-corrected chi connectivity index (χ4v) is 1.66. The maximum Gasteiger partial charge on any atom is 0.0589 e. The third kappa shape index (κ3) is 6.95. The molecule has 0 heterocycles. The van der Waals surface area contributed by atoms with E-state index in [1.165, 1.54) is 18.1 Å². The Morgan fingerprint density at radius 3 is 2.50 bits per heavy atom. The first-order valence-corrected chi connectivity index (χ1v) is 5.79. The quantitative estimate of drug-likeness (QED) is 0.542. The van der Waals surface area contributed by atoms with Crippen molar-refractivity contribution in [2.45, 2.75) is 13.8 Å². The van der Waals surface area contributed by atoms with Crippen LogP contribution in [0.25, 0.3) is 0 Å². The van der Waals surface area contributed by atoms with Gasteiger partial charge in [0.15, 0.2) is 0 Å². The number of ether oxygens (including phenoxy) is 1. The van der Waals surface area contributed by atoms with Crippen molar-refractivity contribution in [3.05, 3.63) is 0 Å². The molecule has 0 unspecified atom stereocenters. The van der Waals surface area contributed by atoms with Crippen LogP contribution >= 0.6 is 11.8 Å². The number of nitrogens with zero attached hydrogens (tertiary/aromatic N) is 1. The zero-order valence-electron chi connectivity index (χ0n) is 8.51. The lowest BCUT2D eigenvalue weighted by Crippen LogP contribution is -2.29. The van der Waals surface area contributed by atoms with Crippen LogP contribution < -0.4 is 0 Å². The maximum atomic E-state index is 5.03. The van der Waals surface area contributed by atoms with E-state index in [9.17, 15) is 0 Å². The van der Waals surface area contributed by atoms with Gasteiger partial charge < -0.3 is 9.64 Å². The maximum absolute atomic E-state index is 5.03. The summed E-state index contributed by atoms with van der Waals surface area (Å²) in [7, 11) is 1.76. The smallest absolute Gasteiger partial charge is 0.0589 e. The van der Waals surface area contributed by atoms with E-state index in [-0.39, 0.29) is 0 Å². The Balaban J connectivity index is 3.26. The standard InChI is InChI=1S/C9H21NOS/c1-4-10(6-8-11-3)7-9-12-5-2/h4-9H2,1-3H3. The molecule has 0 spiro atoms. The van der Waals surface area contributed by atoms with Crippen LogP contribution in [-0.4, -0.2) is 49.8 Å². The molecule has 0 aliphatic rings. The van der Waals surface area contributed by atoms with E-state index in [4.69, 9.17) is 4.74 Å². The van der Waals surface area contributed by atoms with Crippen LogP contribution in [0.3, 0.4) is 0 Å². The predicted octanol–water partition coefficient (Wildman–Crippen LogP) is 1.71. The van der Waals surface area contributed by atoms with Crippen molar-refractivity contribution < 1.29 is 4.74 Å². The van der Waals surface area contributed by atoms with Crippen molar-refractivity contribution in [2.24, 2.45) is 0 Å². The molecule has 0 aromatic heterocycles. The van der Waals surface area contributed by atoms with Crippen LogP contribution in [0, 0.1) is 0 Å². The average Bonchev–Trinajstić information content (AvgIpc) is 2.11. The number of hydrogen-bond acceptors (Lipinski definition) is 3. The molecule has 2 nitrogen and oxygen atoms in total. The van der Waals surface area contributed by atoms with Gasteiger partial charge in [-0.3, -0.25) is 0 Å². The molecule has 12 heavy (non-hydrogen) atoms. The molecule has 0 aliphatic heterocycles. The van der Waals surface area contributed by atoms with Gasteiger partial charge in [0, 0.05) is 26.0 Å². The van der Waals surface area contributed by atoms with E-state index in [0.717, 1.165) is 19.7 Å². The van der Waals surface area contributed by atoms with Gasteiger partial charge in [0.2, 0.25) is 0 Å². The largest absolute Gasteiger partial charge is 0.383 e. The van der Waals surface area contributed by atoms with Gasteiger partial charge in [-0.15, -0.1) is 0 Å². The number of methoxy groups -OCH3 is 1. The topological polar surface area (TPSA) is 12.5 Å². The Labute approximate surface area is 80.7 Å². The summed E-state index contributed by atoms with van der Waals surface area (Å²) in [5.74, 6) is 2.47. The summed E-state index contributed by atoms with van der Waals surface area (Å²) >= 11 is 2.00. The lowest BCUT2D eigenvalue weighted by molar-refractivity contribution is 0.154. The van der Waals surface area contributed by atoms with Crippen LogP contribution in [0.5, 0.6) is 0 Å². The minimum atomic E-state index is 0.852. The molecule has 0 atom stereocenters. The summed E-state index contributed by atoms with van der Waals surface area (Å²) in [5, 5.41) is 0. The summed E-state index contributed by atoms with van der Waals surface area (Å²) in [5.41, 5.74) is 0. The van der Waals surface area contributed by atoms with E-state index in [2.05, 4.69) is 18.7 Å². The van der Waals surface area contributed by atoms with E-state index >= 15 is 0 Å². The van der Waals surface area contributed by atoms with Crippen LogP contribution in [-0.2, 0) is 4.74 Å². The summed E-state index contributed by atoms with van der Waals surface area (Å²) in [6.45, 7) is 8.65. The van der Waals surface area contributed by atoms with E-state index < -0.39 is 0 Å². The highest BCUT2D eigenvalue weighted by molar-refractivity contribution is 7.99. The normalized spacial score (nSPS) is 11.0. The third-order valence-corrected chi connectivity index (χ3v) is 2.69. The van der Waals surface area contributed by atoms with Gasteiger partial charge in [-0.05, 0) is 12.3 Å². The lowest BCUT2D eigenvalue weighted by atomic mass is 10.5. The third-order valence-electron chi connectivity index (χ3n) is 1.81. The lowest BCUT2D eigenvalue weighted by Gasteiger charge is -2.19. The highest BCUT2D eigenvalue weighted by Gasteiger charge is 1.99. The molecule has 0 saturated carbocycles. The van der Waals surface area contributed by atoms with Crippen molar-refractivity contribution in [2.75, 3.05) is 44.9 Å². The molecular formula is C9H21NOS. The van der Waals surface area contributed by atoms with Gasteiger partial charge in [-0.1, -0.05) is 13.8 Å². The monoisotopic (exact) mass is 191 g/mol. The highest BCUT2D eigenvalue weighted by Crippen LogP contribution is 1.99. The van der Waals surface area contributed by atoms with Crippen molar-refractivity contribution in [3.8, 4) is 0 Å². The van der Waals surface area contributed by atoms with Crippen LogP contribution in [0.1, 0.15) is 13.8 Å². The van der Waals surface area contributed by atoms with Crippen LogP contribution in [0.2, 0.25) is 0 Å². The molecule has 3 heteroatoms. The SMILES string of the molecule is CCSCCN(CC)CCOC. The summed E-state index contributed by atoms with van der Waals surface area (Å²) < 4.78 is 5.03. The Bertz CT molecular complexity index is 90.6. The minimum absolute atomic E-state index is 0.852. The molecule has 0 aliphatic carbocycles. The molecule has 0 N–H and O–H groups in total. The van der Waals surface area contributed by atoms with Crippen molar-refractivity contribution in [1.29, 1.82) is 0 Å². The van der Waals surface area contributed by atoms with E-state index in [1.54, 1.807) is 7.11 Å². The molecule has 0 aromatic carbocycles. The fourth-order valence-electron chi connectivity index (χ4n) is 0.986. The fraction of sp³-hybridized carbons (Fsp3) is 1.00.